The van der Waals surface area contributed by atoms with Crippen molar-refractivity contribution in [2.75, 3.05) is 13.1 Å². The molecule has 0 unspecified atom stereocenters. The van der Waals surface area contributed by atoms with Gasteiger partial charge in [0.05, 0.1) is 0 Å². The van der Waals surface area contributed by atoms with Crippen molar-refractivity contribution >= 4 is 22.8 Å². The Balaban J connectivity index is 1.43. The van der Waals surface area contributed by atoms with Crippen molar-refractivity contribution in [1.82, 2.24) is 20.1 Å². The Labute approximate surface area is 212 Å². The van der Waals surface area contributed by atoms with Crippen LogP contribution in [0.3, 0.4) is 0 Å². The lowest BCUT2D eigenvalue weighted by atomic mass is 9.81. The third kappa shape index (κ3) is 3.99. The highest BCUT2D eigenvalue weighted by molar-refractivity contribution is 6.08. The van der Waals surface area contributed by atoms with E-state index in [-0.39, 0.29) is 29.9 Å². The van der Waals surface area contributed by atoms with Gasteiger partial charge in [-0.25, -0.2) is 4.79 Å². The van der Waals surface area contributed by atoms with Crippen LogP contribution in [0.5, 0.6) is 11.5 Å². The number of carbonyl (C=O) groups is 2. The second kappa shape index (κ2) is 8.72. The Bertz CT molecular complexity index is 1390. The number of halogens is 2. The second-order valence-corrected chi connectivity index (χ2v) is 10.2. The number of rotatable bonds is 8. The van der Waals surface area contributed by atoms with E-state index in [1.54, 1.807) is 42.2 Å². The highest BCUT2D eigenvalue weighted by atomic mass is 19.3. The zero-order valence-corrected chi connectivity index (χ0v) is 20.3. The minimum Gasteiger partial charge on any atom is -0.508 e. The maximum atomic E-state index is 13.8. The number of phenolic OH excluding ortho intramolecular Hbond substituents is 1. The molecule has 10 heteroatoms. The van der Waals surface area contributed by atoms with Crippen LogP contribution >= 0.6 is 0 Å². The van der Waals surface area contributed by atoms with Gasteiger partial charge >= 0.3 is 12.6 Å². The molecule has 0 radical (unpaired) electrons. The molecule has 1 saturated carbocycles. The quantitative estimate of drug-likeness (QED) is 0.310. The van der Waals surface area contributed by atoms with Crippen LogP contribution in [0.1, 0.15) is 49.0 Å². The molecule has 2 atom stereocenters. The van der Waals surface area contributed by atoms with Crippen LogP contribution in [0.2, 0.25) is 0 Å². The fraction of sp³-hybridized carbons (Fsp3) is 0.407. The van der Waals surface area contributed by atoms with Crippen LogP contribution in [-0.4, -0.2) is 63.1 Å². The van der Waals surface area contributed by atoms with Crippen molar-refractivity contribution < 1.29 is 28.2 Å². The largest absolute Gasteiger partial charge is 0.508 e. The maximum Gasteiger partial charge on any atom is 0.387 e. The van der Waals surface area contributed by atoms with Gasteiger partial charge in [0, 0.05) is 35.6 Å². The number of ether oxygens (including phenoxy) is 1. The Hall–Kier alpha value is -3.66. The average Bonchev–Trinajstić information content (AvgIpc) is 3.58. The zero-order valence-electron chi connectivity index (χ0n) is 20.3. The summed E-state index contributed by atoms with van der Waals surface area (Å²) in [6.45, 7) is -0.174. The van der Waals surface area contributed by atoms with E-state index in [4.69, 9.17) is 0 Å². The fourth-order valence-corrected chi connectivity index (χ4v) is 5.74. The molecule has 2 fully saturated rings. The number of fused-ring (bicyclic) bond motifs is 4. The van der Waals surface area contributed by atoms with Gasteiger partial charge in [-0.05, 0) is 74.2 Å². The van der Waals surface area contributed by atoms with Gasteiger partial charge in [-0.1, -0.05) is 12.1 Å². The predicted molar refractivity (Wildman–Crippen MR) is 132 cm³/mol. The predicted octanol–water partition coefficient (Wildman–Crippen LogP) is 4.29. The molecule has 0 bridgehead atoms. The molecule has 2 aliphatic heterocycles. The number of H-pyrrole nitrogens is 1. The van der Waals surface area contributed by atoms with Crippen LogP contribution in [-0.2, 0) is 11.2 Å². The van der Waals surface area contributed by atoms with Crippen molar-refractivity contribution in [3.63, 3.8) is 0 Å². The summed E-state index contributed by atoms with van der Waals surface area (Å²) >= 11 is 0. The molecule has 194 valence electrons. The van der Waals surface area contributed by atoms with E-state index in [0.29, 0.717) is 41.2 Å². The molecule has 37 heavy (non-hydrogen) atoms. The standard InChI is InChI=1S/C27H28F2N4O4/c1-27-14-20-19-13-18(37-25(28)29)8-9-21(19)31-22(20)23(15-4-2-5-17(34)12-15)33(27)26(36)32(24(27)35)11-3-10-30-16-6-7-16/h2,4-5,8-9,12-13,16,23,25,30-31,34H,3,6-7,10-11,14H2,1H3/t23-,27+/m1/s1. The van der Waals surface area contributed by atoms with Gasteiger partial charge in [-0.15, -0.1) is 0 Å². The third-order valence-electron chi connectivity index (χ3n) is 7.62. The van der Waals surface area contributed by atoms with Gasteiger partial charge in [-0.3, -0.25) is 14.6 Å². The van der Waals surface area contributed by atoms with Crippen molar-refractivity contribution in [3.8, 4) is 11.5 Å². The first-order valence-electron chi connectivity index (χ1n) is 12.5. The molecular formula is C27H28F2N4O4. The smallest absolute Gasteiger partial charge is 0.387 e. The molecule has 8 nitrogen and oxygen atoms in total. The number of carbonyl (C=O) groups excluding carboxylic acids is 2. The number of aromatic hydroxyl groups is 1. The van der Waals surface area contributed by atoms with E-state index < -0.39 is 18.2 Å². The number of nitrogens with zero attached hydrogens (tertiary/aromatic N) is 2. The number of alkyl halides is 2. The lowest BCUT2D eigenvalue weighted by molar-refractivity contribution is -0.133. The summed E-state index contributed by atoms with van der Waals surface area (Å²) in [6, 6.07) is 10.8. The summed E-state index contributed by atoms with van der Waals surface area (Å²) in [6.07, 6.45) is 3.19. The van der Waals surface area contributed by atoms with Crippen molar-refractivity contribution in [1.29, 1.82) is 0 Å². The molecule has 0 spiro atoms. The minimum absolute atomic E-state index is 0.0180. The lowest BCUT2D eigenvalue weighted by Gasteiger charge is -2.42. The molecule has 6 rings (SSSR count). The number of benzene rings is 2. The number of aromatic nitrogens is 1. The summed E-state index contributed by atoms with van der Waals surface area (Å²) in [5, 5.41) is 14.3. The number of nitrogens with one attached hydrogen (secondary N) is 2. The van der Waals surface area contributed by atoms with Crippen LogP contribution < -0.4 is 10.1 Å². The van der Waals surface area contributed by atoms with E-state index in [2.05, 4.69) is 15.0 Å². The normalized spacial score (nSPS) is 23.2. The Kier molecular flexibility index (Phi) is 5.59. The van der Waals surface area contributed by atoms with Crippen molar-refractivity contribution in [2.45, 2.75) is 56.8 Å². The van der Waals surface area contributed by atoms with Crippen LogP contribution in [0.25, 0.3) is 10.9 Å². The molecule has 3 N–H and O–H groups in total. The molecule has 3 aliphatic rings. The van der Waals surface area contributed by atoms with Gasteiger partial charge in [0.15, 0.2) is 0 Å². The van der Waals surface area contributed by atoms with Gasteiger partial charge in [0.2, 0.25) is 0 Å². The molecule has 1 aromatic heterocycles. The number of amides is 3. The van der Waals surface area contributed by atoms with Gasteiger partial charge in [0.1, 0.15) is 23.1 Å². The monoisotopic (exact) mass is 510 g/mol. The van der Waals surface area contributed by atoms with Crippen LogP contribution in [0.15, 0.2) is 42.5 Å². The van der Waals surface area contributed by atoms with E-state index in [1.165, 1.54) is 17.0 Å². The van der Waals surface area contributed by atoms with E-state index in [1.807, 2.05) is 0 Å². The SMILES string of the molecule is C[C@@]12Cc3c([nH]c4ccc(OC(F)F)cc34)[C@@H](c3cccc(O)c3)N1C(=O)N(CCCNC1CC1)C2=O. The molecule has 1 aliphatic carbocycles. The summed E-state index contributed by atoms with van der Waals surface area (Å²) in [4.78, 5) is 33.9. The van der Waals surface area contributed by atoms with Crippen LogP contribution in [0, 0.1) is 0 Å². The van der Waals surface area contributed by atoms with E-state index in [0.717, 1.165) is 24.9 Å². The Morgan fingerprint density at radius 2 is 2.03 bits per heavy atom. The third-order valence-corrected chi connectivity index (χ3v) is 7.62. The van der Waals surface area contributed by atoms with Crippen molar-refractivity contribution in [3.05, 3.63) is 59.3 Å². The topological polar surface area (TPSA) is 97.9 Å². The maximum absolute atomic E-state index is 13.8. The van der Waals surface area contributed by atoms with E-state index in [9.17, 15) is 23.5 Å². The molecule has 3 heterocycles. The van der Waals surface area contributed by atoms with Gasteiger partial charge in [0.25, 0.3) is 5.91 Å². The zero-order chi connectivity index (χ0) is 25.9. The number of hydrogen-bond acceptors (Lipinski definition) is 5. The molecule has 3 aromatic rings. The van der Waals surface area contributed by atoms with Crippen molar-refractivity contribution in [2.24, 2.45) is 0 Å². The second-order valence-electron chi connectivity index (χ2n) is 10.2. The number of imide groups is 1. The first-order chi connectivity index (χ1) is 17.8. The summed E-state index contributed by atoms with van der Waals surface area (Å²) in [5.74, 6) is -0.227. The average molecular weight is 511 g/mol. The Morgan fingerprint density at radius 1 is 1.22 bits per heavy atom. The number of hydrogen-bond donors (Lipinski definition) is 3. The summed E-state index contributed by atoms with van der Waals surface area (Å²) < 4.78 is 30.4. The molecule has 3 amide bonds. The summed E-state index contributed by atoms with van der Waals surface area (Å²) in [7, 11) is 0. The fourth-order valence-electron chi connectivity index (χ4n) is 5.74. The Morgan fingerprint density at radius 3 is 2.76 bits per heavy atom. The lowest BCUT2D eigenvalue weighted by Crippen LogP contribution is -2.53. The summed E-state index contributed by atoms with van der Waals surface area (Å²) in [5.41, 5.74) is 1.59. The highest BCUT2D eigenvalue weighted by Crippen LogP contribution is 2.49. The first kappa shape index (κ1) is 23.7. The molecular weight excluding hydrogens is 482 g/mol. The molecule has 1 saturated heterocycles. The van der Waals surface area contributed by atoms with Gasteiger partial charge < -0.3 is 20.1 Å². The number of aromatic amines is 1. The first-order valence-corrected chi connectivity index (χ1v) is 12.5. The van der Waals surface area contributed by atoms with E-state index >= 15 is 0 Å². The van der Waals surface area contributed by atoms with Crippen LogP contribution in [0.4, 0.5) is 13.6 Å². The number of phenols is 1. The highest BCUT2D eigenvalue weighted by Gasteiger charge is 2.60. The number of urea groups is 1. The molecule has 2 aromatic carbocycles. The minimum atomic E-state index is -2.96. The van der Waals surface area contributed by atoms with Gasteiger partial charge in [-0.2, -0.15) is 8.78 Å².